The molecule has 0 aliphatic carbocycles. The lowest BCUT2D eigenvalue weighted by Gasteiger charge is -2.00. The summed E-state index contributed by atoms with van der Waals surface area (Å²) in [6.07, 6.45) is 2.43. The van der Waals surface area contributed by atoms with Crippen LogP contribution in [0.15, 0.2) is 9.59 Å². The summed E-state index contributed by atoms with van der Waals surface area (Å²) in [5, 5.41) is 0. The van der Waals surface area contributed by atoms with Crippen molar-refractivity contribution in [3.05, 3.63) is 27.2 Å². The Morgan fingerprint density at radius 1 is 1.31 bits per heavy atom. The Kier molecular flexibility index (Phi) is 1.39. The van der Waals surface area contributed by atoms with E-state index in [0.29, 0.717) is 11.2 Å². The average Bonchev–Trinajstić information content (AvgIpc) is 2.59. The highest BCUT2D eigenvalue weighted by atomic mass is 16.2. The number of nitrogens with zero attached hydrogens (tertiary/aromatic N) is 3. The number of nitrogens with one attached hydrogen (secondary N) is 1. The van der Waals surface area contributed by atoms with Gasteiger partial charge < -0.3 is 4.98 Å². The van der Waals surface area contributed by atoms with Crippen molar-refractivity contribution in [3.8, 4) is 0 Å². The summed E-state index contributed by atoms with van der Waals surface area (Å²) in [5.74, 6) is 0. The molecule has 2 aromatic heterocycles. The first-order valence-corrected chi connectivity index (χ1v) is 3.64. The van der Waals surface area contributed by atoms with Gasteiger partial charge in [-0.2, -0.15) is 0 Å². The van der Waals surface area contributed by atoms with Crippen LogP contribution in [-0.4, -0.2) is 19.1 Å². The van der Waals surface area contributed by atoms with Gasteiger partial charge in [-0.1, -0.05) is 0 Å². The van der Waals surface area contributed by atoms with E-state index in [1.807, 2.05) is 0 Å². The van der Waals surface area contributed by atoms with Crippen LogP contribution in [0.5, 0.6) is 0 Å². The zero-order valence-electron chi connectivity index (χ0n) is 7.16. The third-order valence-corrected chi connectivity index (χ3v) is 1.98. The van der Waals surface area contributed by atoms with Gasteiger partial charge in [-0.25, -0.2) is 9.78 Å². The Bertz CT molecular complexity index is 574. The summed E-state index contributed by atoms with van der Waals surface area (Å²) >= 11 is 0. The zero-order chi connectivity index (χ0) is 9.59. The first kappa shape index (κ1) is 7.78. The van der Waals surface area contributed by atoms with Crippen LogP contribution in [-0.2, 0) is 14.1 Å². The summed E-state index contributed by atoms with van der Waals surface area (Å²) in [5.41, 5.74) is -0.150. The second kappa shape index (κ2) is 2.32. The van der Waals surface area contributed by atoms with Crippen molar-refractivity contribution in [3.63, 3.8) is 0 Å². The van der Waals surface area contributed by atoms with E-state index in [-0.39, 0.29) is 5.56 Å². The Balaban J connectivity index is 3.21. The lowest BCUT2D eigenvalue weighted by molar-refractivity contribution is 0.709. The van der Waals surface area contributed by atoms with Gasteiger partial charge in [-0.3, -0.25) is 13.9 Å². The molecule has 67 valence electrons. The smallest absolute Gasteiger partial charge is 0.329 e. The molecule has 0 saturated heterocycles. The number of aryl methyl sites for hydroxylation is 1. The number of rotatable bonds is 0. The monoisotopic (exact) mass is 179 g/mol. The van der Waals surface area contributed by atoms with Crippen LogP contribution in [0.25, 0.3) is 11.2 Å². The molecule has 6 nitrogen and oxygen atoms in total. The lowest BCUT2D eigenvalue weighted by atomic mass is 10.5. The van der Waals surface area contributed by atoms with Crippen LogP contribution in [0.1, 0.15) is 0 Å². The molecule has 2 rings (SSSR count). The van der Waals surface area contributed by atoms with E-state index >= 15 is 0 Å². The van der Waals surface area contributed by atoms with Gasteiger partial charge >= 0.3 is 5.69 Å². The number of hydrogen-bond acceptors (Lipinski definition) is 3. The molecule has 1 radical (unpaired) electrons. The van der Waals surface area contributed by atoms with Gasteiger partial charge in [-0.15, -0.1) is 0 Å². The van der Waals surface area contributed by atoms with Gasteiger partial charge in [0.25, 0.3) is 5.56 Å². The van der Waals surface area contributed by atoms with Crippen LogP contribution >= 0.6 is 0 Å². The van der Waals surface area contributed by atoms with Crippen molar-refractivity contribution in [2.24, 2.45) is 14.1 Å². The molecule has 6 heteroatoms. The van der Waals surface area contributed by atoms with Crippen LogP contribution in [0.4, 0.5) is 0 Å². The van der Waals surface area contributed by atoms with Gasteiger partial charge in [-0.05, 0) is 0 Å². The number of aromatic amines is 1. The molecule has 13 heavy (non-hydrogen) atoms. The van der Waals surface area contributed by atoms with Crippen LogP contribution in [0, 0.1) is 6.33 Å². The molecule has 0 aromatic carbocycles. The van der Waals surface area contributed by atoms with E-state index in [9.17, 15) is 9.59 Å². The predicted molar refractivity (Wildman–Crippen MR) is 45.4 cm³/mol. The highest BCUT2D eigenvalue weighted by molar-refractivity contribution is 5.68. The van der Waals surface area contributed by atoms with Gasteiger partial charge in [0.1, 0.15) is 5.52 Å². The molecule has 2 aromatic rings. The quantitative estimate of drug-likeness (QED) is 0.549. The Morgan fingerprint density at radius 3 is 2.69 bits per heavy atom. The standard InChI is InChI=1S/C7H7N4O2/c1-10-5-4(8-3-9-5)6(12)11(2)7(10)13/h1-2H3,(H,8,9). The Hall–Kier alpha value is -1.85. The van der Waals surface area contributed by atoms with Crippen LogP contribution in [0.2, 0.25) is 0 Å². The molecule has 0 saturated carbocycles. The number of imidazole rings is 1. The minimum absolute atomic E-state index is 0.296. The number of fused-ring (bicyclic) bond motifs is 1. The van der Waals surface area contributed by atoms with Gasteiger partial charge in [0.2, 0.25) is 0 Å². The van der Waals surface area contributed by atoms with Gasteiger partial charge in [0.05, 0.1) is 0 Å². The van der Waals surface area contributed by atoms with Crippen LogP contribution in [0.3, 0.4) is 0 Å². The van der Waals surface area contributed by atoms with E-state index in [4.69, 9.17) is 0 Å². The molecule has 0 bridgehead atoms. The molecule has 0 aliphatic heterocycles. The summed E-state index contributed by atoms with van der Waals surface area (Å²) in [4.78, 5) is 29.1. The SMILES string of the molecule is Cn1c(=O)c2[nH][c]nc2n(C)c1=O. The van der Waals surface area contributed by atoms with Crippen molar-refractivity contribution in [1.82, 2.24) is 19.1 Å². The lowest BCUT2D eigenvalue weighted by Crippen LogP contribution is -2.36. The van der Waals surface area contributed by atoms with E-state index in [0.717, 1.165) is 4.57 Å². The summed E-state index contributed by atoms with van der Waals surface area (Å²) in [7, 11) is 2.98. The first-order chi connectivity index (χ1) is 6.13. The second-order valence-electron chi connectivity index (χ2n) is 2.75. The van der Waals surface area contributed by atoms with Crippen molar-refractivity contribution in [1.29, 1.82) is 0 Å². The molecule has 0 aliphatic rings. The van der Waals surface area contributed by atoms with Crippen molar-refractivity contribution in [2.45, 2.75) is 0 Å². The maximum absolute atomic E-state index is 11.4. The number of aromatic nitrogens is 4. The third-order valence-electron chi connectivity index (χ3n) is 1.98. The fraction of sp³-hybridized carbons (Fsp3) is 0.286. The zero-order valence-corrected chi connectivity index (χ0v) is 7.16. The molecule has 1 N–H and O–H groups in total. The fourth-order valence-corrected chi connectivity index (χ4v) is 1.21. The van der Waals surface area contributed by atoms with E-state index in [1.165, 1.54) is 11.6 Å². The highest BCUT2D eigenvalue weighted by Crippen LogP contribution is 1.96. The van der Waals surface area contributed by atoms with E-state index in [2.05, 4.69) is 16.3 Å². The summed E-state index contributed by atoms with van der Waals surface area (Å²) < 4.78 is 2.32. The molecule has 0 fully saturated rings. The van der Waals surface area contributed by atoms with Crippen molar-refractivity contribution in [2.75, 3.05) is 0 Å². The maximum Gasteiger partial charge on any atom is 0.332 e. The molecule has 0 unspecified atom stereocenters. The molecule has 0 amide bonds. The highest BCUT2D eigenvalue weighted by Gasteiger charge is 2.09. The largest absolute Gasteiger partial charge is 0.332 e. The van der Waals surface area contributed by atoms with Crippen molar-refractivity contribution >= 4 is 11.2 Å². The number of hydrogen-bond donors (Lipinski definition) is 1. The predicted octanol–water partition coefficient (Wildman–Crippen LogP) is -1.24. The first-order valence-electron chi connectivity index (χ1n) is 3.64. The fourth-order valence-electron chi connectivity index (χ4n) is 1.21. The molecule has 0 spiro atoms. The Morgan fingerprint density at radius 2 is 2.00 bits per heavy atom. The Labute approximate surface area is 72.5 Å². The minimum atomic E-state index is -0.391. The second-order valence-corrected chi connectivity index (χ2v) is 2.75. The third kappa shape index (κ3) is 0.851. The van der Waals surface area contributed by atoms with Crippen LogP contribution < -0.4 is 11.2 Å². The van der Waals surface area contributed by atoms with Gasteiger partial charge in [0, 0.05) is 14.1 Å². The minimum Gasteiger partial charge on any atom is -0.329 e. The summed E-state index contributed by atoms with van der Waals surface area (Å²) in [6, 6.07) is 0. The van der Waals surface area contributed by atoms with Gasteiger partial charge in [0.15, 0.2) is 12.0 Å². The van der Waals surface area contributed by atoms with Crippen molar-refractivity contribution < 1.29 is 0 Å². The normalized spacial score (nSPS) is 10.9. The molecule has 0 atom stereocenters. The molecule has 2 heterocycles. The number of H-pyrrole nitrogens is 1. The molecular weight excluding hydrogens is 172 g/mol. The average molecular weight is 179 g/mol. The van der Waals surface area contributed by atoms with E-state index < -0.39 is 5.69 Å². The summed E-state index contributed by atoms with van der Waals surface area (Å²) in [6.45, 7) is 0. The topological polar surface area (TPSA) is 72.7 Å². The van der Waals surface area contributed by atoms with E-state index in [1.54, 1.807) is 7.05 Å². The maximum atomic E-state index is 11.4. The molecular formula is C7H7N4O2.